The molecule has 1 aromatic heterocycles. The number of aromatic nitrogens is 1. The maximum absolute atomic E-state index is 14.6. The van der Waals surface area contributed by atoms with Gasteiger partial charge < -0.3 is 14.6 Å². The number of hydrogen-bond acceptors (Lipinski definition) is 6. The molecule has 0 radical (unpaired) electrons. The molecule has 12 heteroatoms. The van der Waals surface area contributed by atoms with Crippen LogP contribution in [0.4, 0.5) is 17.6 Å². The first-order valence-corrected chi connectivity index (χ1v) is 14.5. The molecule has 0 saturated heterocycles. The molecule has 0 spiro atoms. The number of carbonyl (C=O) groups is 1. The van der Waals surface area contributed by atoms with Crippen molar-refractivity contribution in [3.8, 4) is 22.8 Å². The van der Waals surface area contributed by atoms with E-state index >= 15 is 0 Å². The topological polar surface area (TPSA) is 103 Å². The van der Waals surface area contributed by atoms with Gasteiger partial charge in [-0.25, -0.2) is 17.8 Å². The monoisotopic (exact) mass is 579 g/mol. The molecular formula is C28H25F4NO6S. The summed E-state index contributed by atoms with van der Waals surface area (Å²) >= 11 is 0. The van der Waals surface area contributed by atoms with Crippen LogP contribution in [0.5, 0.6) is 11.6 Å². The van der Waals surface area contributed by atoms with Gasteiger partial charge in [0.25, 0.3) is 0 Å². The second-order valence-corrected chi connectivity index (χ2v) is 12.4. The Kier molecular flexibility index (Phi) is 7.24. The summed E-state index contributed by atoms with van der Waals surface area (Å²) in [5, 5.41) is 9.27. The number of pyridine rings is 1. The van der Waals surface area contributed by atoms with Crippen LogP contribution in [-0.2, 0) is 33.8 Å². The molecule has 1 N–H and O–H groups in total. The van der Waals surface area contributed by atoms with E-state index in [9.17, 15) is 35.9 Å². The Balaban J connectivity index is 1.30. The van der Waals surface area contributed by atoms with Gasteiger partial charge in [0.15, 0.2) is 0 Å². The minimum absolute atomic E-state index is 0.00905. The first-order chi connectivity index (χ1) is 18.8. The number of ether oxygens (including phenoxy) is 2. The number of carboxylic acids is 1. The SMILES string of the molecule is CS(=O)(=O)CCCOc1ncc(-c2ccc(F)c(COc3ccc4c(c3)CC3C(C(=O)O)C43)c2)cc1C(F)(F)F. The van der Waals surface area contributed by atoms with E-state index in [1.165, 1.54) is 18.3 Å². The van der Waals surface area contributed by atoms with Crippen LogP contribution in [0.2, 0.25) is 0 Å². The van der Waals surface area contributed by atoms with E-state index in [2.05, 4.69) is 4.98 Å². The minimum atomic E-state index is -4.79. The number of rotatable bonds is 10. The number of alkyl halides is 3. The molecule has 1 heterocycles. The molecule has 2 aliphatic carbocycles. The van der Waals surface area contributed by atoms with Crippen molar-refractivity contribution in [2.24, 2.45) is 11.8 Å². The van der Waals surface area contributed by atoms with E-state index in [1.807, 2.05) is 12.1 Å². The van der Waals surface area contributed by atoms with Crippen LogP contribution < -0.4 is 9.47 Å². The maximum Gasteiger partial charge on any atom is 0.421 e. The van der Waals surface area contributed by atoms with Crippen molar-refractivity contribution in [3.05, 3.63) is 76.7 Å². The van der Waals surface area contributed by atoms with Crippen molar-refractivity contribution in [1.29, 1.82) is 0 Å². The van der Waals surface area contributed by atoms with Crippen molar-refractivity contribution < 1.29 is 45.4 Å². The Labute approximate surface area is 227 Å². The van der Waals surface area contributed by atoms with Crippen molar-refractivity contribution in [2.45, 2.75) is 31.5 Å². The molecule has 7 nitrogen and oxygen atoms in total. The van der Waals surface area contributed by atoms with Crippen molar-refractivity contribution in [3.63, 3.8) is 0 Å². The summed E-state index contributed by atoms with van der Waals surface area (Å²) in [5.74, 6) is -2.03. The third-order valence-electron chi connectivity index (χ3n) is 7.21. The molecule has 1 saturated carbocycles. The first kappa shape index (κ1) is 27.9. The lowest BCUT2D eigenvalue weighted by Crippen LogP contribution is -2.13. The second-order valence-electron chi connectivity index (χ2n) is 10.1. The zero-order valence-corrected chi connectivity index (χ0v) is 22.1. The smallest absolute Gasteiger partial charge is 0.421 e. The molecule has 2 aliphatic rings. The predicted octanol–water partition coefficient (Wildman–Crippen LogP) is 5.27. The molecule has 0 amide bonds. The number of hydrogen-bond donors (Lipinski definition) is 1. The van der Waals surface area contributed by atoms with Crippen LogP contribution in [0.3, 0.4) is 0 Å². The van der Waals surface area contributed by atoms with Gasteiger partial charge in [-0.15, -0.1) is 0 Å². The highest BCUT2D eigenvalue weighted by atomic mass is 32.2. The standard InChI is InChI=1S/C28H25F4NO6S/c1-40(36,37)8-2-7-38-26-22(28(30,31)32)12-17(13-33-26)15-3-6-23(29)18(9-15)14-39-19-4-5-20-16(10-19)11-21-24(20)25(21)27(34)35/h3-6,9-10,12-13,21,24-25H,2,7-8,11,14H2,1H3,(H,34,35). The predicted molar refractivity (Wildman–Crippen MR) is 136 cm³/mol. The number of aliphatic carboxylic acids is 1. The third-order valence-corrected chi connectivity index (χ3v) is 8.24. The minimum Gasteiger partial charge on any atom is -0.489 e. The van der Waals surface area contributed by atoms with Gasteiger partial charge >= 0.3 is 12.1 Å². The van der Waals surface area contributed by atoms with Gasteiger partial charge in [0, 0.05) is 29.5 Å². The van der Waals surface area contributed by atoms with Crippen LogP contribution in [0.1, 0.15) is 34.6 Å². The second kappa shape index (κ2) is 10.4. The summed E-state index contributed by atoms with van der Waals surface area (Å²) in [6.07, 6.45) is -1.94. The fourth-order valence-electron chi connectivity index (χ4n) is 5.26. The molecule has 1 fully saturated rings. The zero-order valence-electron chi connectivity index (χ0n) is 21.2. The molecule has 212 valence electrons. The van der Waals surface area contributed by atoms with Crippen LogP contribution in [0, 0.1) is 17.7 Å². The van der Waals surface area contributed by atoms with Gasteiger partial charge in [-0.05, 0) is 65.8 Å². The van der Waals surface area contributed by atoms with Crippen LogP contribution in [0.15, 0.2) is 48.7 Å². The average molecular weight is 580 g/mol. The molecule has 3 aromatic rings. The van der Waals surface area contributed by atoms with Crippen molar-refractivity contribution in [1.82, 2.24) is 4.98 Å². The Morgan fingerprint density at radius 3 is 2.58 bits per heavy atom. The lowest BCUT2D eigenvalue weighted by molar-refractivity contribution is -0.140. The maximum atomic E-state index is 14.6. The highest BCUT2D eigenvalue weighted by Crippen LogP contribution is 2.61. The normalized spacial score (nSPS) is 19.6. The van der Waals surface area contributed by atoms with E-state index in [-0.39, 0.29) is 59.8 Å². The summed E-state index contributed by atoms with van der Waals surface area (Å²) in [5.41, 5.74) is 1.36. The average Bonchev–Trinajstić information content (AvgIpc) is 3.47. The Bertz CT molecular complexity index is 1570. The molecule has 40 heavy (non-hydrogen) atoms. The number of fused-ring (bicyclic) bond motifs is 3. The van der Waals surface area contributed by atoms with E-state index in [1.54, 1.807) is 6.07 Å². The molecular weight excluding hydrogens is 554 g/mol. The molecule has 5 rings (SSSR count). The number of carboxylic acid groups (broad SMARTS) is 1. The van der Waals surface area contributed by atoms with Gasteiger partial charge in [-0.1, -0.05) is 12.1 Å². The Morgan fingerprint density at radius 1 is 1.10 bits per heavy atom. The summed E-state index contributed by atoms with van der Waals surface area (Å²) in [7, 11) is -3.28. The lowest BCUT2D eigenvalue weighted by Gasteiger charge is -2.15. The number of nitrogens with zero attached hydrogens (tertiary/aromatic N) is 1. The van der Waals surface area contributed by atoms with Gasteiger partial charge in [-0.2, -0.15) is 13.2 Å². The fraction of sp³-hybridized carbons (Fsp3) is 0.357. The van der Waals surface area contributed by atoms with Crippen LogP contribution in [0.25, 0.3) is 11.1 Å². The highest BCUT2D eigenvalue weighted by Gasteiger charge is 2.59. The largest absolute Gasteiger partial charge is 0.489 e. The highest BCUT2D eigenvalue weighted by molar-refractivity contribution is 7.90. The Hall–Kier alpha value is -3.67. The number of halogens is 4. The summed E-state index contributed by atoms with van der Waals surface area (Å²) in [4.78, 5) is 15.1. The van der Waals surface area contributed by atoms with E-state index in [0.29, 0.717) is 12.2 Å². The van der Waals surface area contributed by atoms with Crippen LogP contribution >= 0.6 is 0 Å². The number of benzene rings is 2. The van der Waals surface area contributed by atoms with Gasteiger partial charge in [-0.3, -0.25) is 4.79 Å². The summed E-state index contributed by atoms with van der Waals surface area (Å²) in [6.45, 7) is -0.436. The fourth-order valence-corrected chi connectivity index (χ4v) is 5.90. The first-order valence-electron chi connectivity index (χ1n) is 12.5. The summed E-state index contributed by atoms with van der Waals surface area (Å²) in [6, 6.07) is 10.1. The molecule has 3 atom stereocenters. The molecule has 0 aliphatic heterocycles. The lowest BCUT2D eigenvalue weighted by atomic mass is 10.0. The molecule has 0 bridgehead atoms. The number of sulfone groups is 1. The van der Waals surface area contributed by atoms with Gasteiger partial charge in [0.2, 0.25) is 5.88 Å². The van der Waals surface area contributed by atoms with E-state index in [4.69, 9.17) is 9.47 Å². The quantitative estimate of drug-likeness (QED) is 0.258. The zero-order chi connectivity index (χ0) is 28.8. The third kappa shape index (κ3) is 5.91. The Morgan fingerprint density at radius 2 is 1.88 bits per heavy atom. The van der Waals surface area contributed by atoms with Crippen molar-refractivity contribution in [2.75, 3.05) is 18.6 Å². The van der Waals surface area contributed by atoms with E-state index < -0.39 is 39.2 Å². The molecule has 3 unspecified atom stereocenters. The van der Waals surface area contributed by atoms with E-state index in [0.717, 1.165) is 29.5 Å². The van der Waals surface area contributed by atoms with Gasteiger partial charge in [0.1, 0.15) is 33.6 Å². The molecule has 2 aromatic carbocycles. The van der Waals surface area contributed by atoms with Crippen LogP contribution in [-0.4, -0.2) is 43.1 Å². The summed E-state index contributed by atoms with van der Waals surface area (Å²) < 4.78 is 89.2. The van der Waals surface area contributed by atoms with Gasteiger partial charge in [0.05, 0.1) is 18.3 Å². The van der Waals surface area contributed by atoms with Crippen molar-refractivity contribution >= 4 is 15.8 Å².